The molecule has 0 spiro atoms. The van der Waals surface area contributed by atoms with E-state index >= 15 is 0 Å². The van der Waals surface area contributed by atoms with Crippen molar-refractivity contribution < 1.29 is 14.7 Å². The van der Waals surface area contributed by atoms with E-state index in [0.29, 0.717) is 29.6 Å². The summed E-state index contributed by atoms with van der Waals surface area (Å²) in [5, 5.41) is 11.6. The van der Waals surface area contributed by atoms with Gasteiger partial charge in [0.1, 0.15) is 11.9 Å². The number of aliphatic hydroxyl groups is 1. The minimum absolute atomic E-state index is 0.0620. The largest absolute Gasteiger partial charge is 0.382 e. The fourth-order valence-corrected chi connectivity index (χ4v) is 11.1. The first-order valence-electron chi connectivity index (χ1n) is 14.4. The molecule has 5 aliphatic carbocycles. The highest BCUT2D eigenvalue weighted by Crippen LogP contribution is 2.76. The Morgan fingerprint density at radius 1 is 0.914 bits per heavy atom. The van der Waals surface area contributed by atoms with Gasteiger partial charge in [-0.05, 0) is 111 Å². The zero-order valence-corrected chi connectivity index (χ0v) is 23.7. The molecule has 35 heavy (non-hydrogen) atoms. The summed E-state index contributed by atoms with van der Waals surface area (Å²) in [4.78, 5) is 25.3. The Labute approximate surface area is 213 Å². The van der Waals surface area contributed by atoms with Gasteiger partial charge in [-0.1, -0.05) is 60.1 Å². The molecule has 0 amide bonds. The SMILES string of the molecule is CC(=O)[C@]1(O)CC[C@]2(C)[C@H]3CC=C4[C@@H]5CC(C)(C)CC[C@]5(C=O)CC[C@@]4(C)[C@]3(C)CC[C@H]2C1(C)C. The number of rotatable bonds is 2. The summed E-state index contributed by atoms with van der Waals surface area (Å²) >= 11 is 0. The normalized spacial score (nSPS) is 52.1. The molecule has 3 heteroatoms. The molecule has 5 rings (SSSR count). The van der Waals surface area contributed by atoms with E-state index in [-0.39, 0.29) is 27.4 Å². The van der Waals surface area contributed by atoms with Crippen molar-refractivity contribution in [3.63, 3.8) is 0 Å². The molecule has 4 fully saturated rings. The number of carbonyl (C=O) groups excluding carboxylic acids is 2. The van der Waals surface area contributed by atoms with E-state index in [1.165, 1.54) is 6.29 Å². The molecule has 8 atom stereocenters. The second kappa shape index (κ2) is 7.33. The molecular formula is C32H50O3. The molecule has 5 aliphatic rings. The molecule has 0 heterocycles. The van der Waals surface area contributed by atoms with Crippen LogP contribution in [0.5, 0.6) is 0 Å². The second-order valence-corrected chi connectivity index (χ2v) is 15.7. The maximum absolute atomic E-state index is 12.7. The minimum atomic E-state index is -1.22. The van der Waals surface area contributed by atoms with Crippen LogP contribution in [-0.2, 0) is 9.59 Å². The Morgan fingerprint density at radius 3 is 2.20 bits per heavy atom. The Morgan fingerprint density at radius 2 is 1.57 bits per heavy atom. The molecule has 0 saturated heterocycles. The Hall–Kier alpha value is -0.960. The zero-order chi connectivity index (χ0) is 25.9. The van der Waals surface area contributed by atoms with Gasteiger partial charge in [-0.15, -0.1) is 0 Å². The number of aldehydes is 1. The lowest BCUT2D eigenvalue weighted by Crippen LogP contribution is -2.68. The number of ketones is 1. The van der Waals surface area contributed by atoms with Crippen LogP contribution in [-0.4, -0.2) is 22.8 Å². The molecule has 196 valence electrons. The lowest BCUT2D eigenvalue weighted by molar-refractivity contribution is -0.229. The fraction of sp³-hybridized carbons (Fsp3) is 0.875. The average Bonchev–Trinajstić information content (AvgIpc) is 2.76. The van der Waals surface area contributed by atoms with Crippen molar-refractivity contribution in [1.29, 1.82) is 0 Å². The summed E-state index contributed by atoms with van der Waals surface area (Å²) < 4.78 is 0. The molecule has 0 radical (unpaired) electrons. The highest BCUT2D eigenvalue weighted by molar-refractivity contribution is 5.86. The number of fused-ring (bicyclic) bond motifs is 7. The predicted molar refractivity (Wildman–Crippen MR) is 141 cm³/mol. The van der Waals surface area contributed by atoms with E-state index < -0.39 is 11.0 Å². The van der Waals surface area contributed by atoms with Gasteiger partial charge >= 0.3 is 0 Å². The first-order chi connectivity index (χ1) is 16.0. The first kappa shape index (κ1) is 25.7. The summed E-state index contributed by atoms with van der Waals surface area (Å²) in [5.41, 5.74) is 0.511. The number of Topliss-reactive ketones (excluding diaryl/α,β-unsaturated/α-hetero) is 1. The minimum Gasteiger partial charge on any atom is -0.382 e. The van der Waals surface area contributed by atoms with Crippen molar-refractivity contribution in [2.24, 2.45) is 50.2 Å². The Kier molecular flexibility index (Phi) is 5.38. The lowest BCUT2D eigenvalue weighted by atomic mass is 9.33. The van der Waals surface area contributed by atoms with Crippen LogP contribution in [0.1, 0.15) is 120 Å². The topological polar surface area (TPSA) is 54.4 Å². The van der Waals surface area contributed by atoms with E-state index in [1.807, 2.05) is 0 Å². The zero-order valence-electron chi connectivity index (χ0n) is 23.7. The Balaban J connectivity index is 1.58. The molecule has 1 N–H and O–H groups in total. The van der Waals surface area contributed by atoms with Gasteiger partial charge in [-0.3, -0.25) is 4.79 Å². The Bertz CT molecular complexity index is 975. The van der Waals surface area contributed by atoms with E-state index in [4.69, 9.17) is 0 Å². The van der Waals surface area contributed by atoms with E-state index in [2.05, 4.69) is 54.5 Å². The van der Waals surface area contributed by atoms with Crippen molar-refractivity contribution in [2.75, 3.05) is 0 Å². The number of hydrogen-bond donors (Lipinski definition) is 1. The molecule has 0 aromatic rings. The molecular weight excluding hydrogens is 432 g/mol. The van der Waals surface area contributed by atoms with E-state index in [9.17, 15) is 14.7 Å². The van der Waals surface area contributed by atoms with Crippen LogP contribution in [0.15, 0.2) is 11.6 Å². The third kappa shape index (κ3) is 3.00. The maximum Gasteiger partial charge on any atom is 0.161 e. The molecule has 3 nitrogen and oxygen atoms in total. The summed E-state index contributed by atoms with van der Waals surface area (Å²) in [6.07, 6.45) is 14.2. The van der Waals surface area contributed by atoms with Crippen LogP contribution in [0.25, 0.3) is 0 Å². The summed E-state index contributed by atoms with van der Waals surface area (Å²) in [6.45, 7) is 18.3. The third-order valence-corrected chi connectivity index (χ3v) is 13.7. The van der Waals surface area contributed by atoms with E-state index in [0.717, 1.165) is 57.8 Å². The van der Waals surface area contributed by atoms with Gasteiger partial charge in [0.25, 0.3) is 0 Å². The highest BCUT2D eigenvalue weighted by Gasteiger charge is 2.70. The first-order valence-corrected chi connectivity index (χ1v) is 14.4. The van der Waals surface area contributed by atoms with Gasteiger partial charge in [0.05, 0.1) is 0 Å². The average molecular weight is 483 g/mol. The van der Waals surface area contributed by atoms with Gasteiger partial charge in [0, 0.05) is 10.8 Å². The third-order valence-electron chi connectivity index (χ3n) is 13.7. The number of allylic oxidation sites excluding steroid dienone is 2. The van der Waals surface area contributed by atoms with Crippen molar-refractivity contribution in [3.8, 4) is 0 Å². The monoisotopic (exact) mass is 482 g/mol. The lowest BCUT2D eigenvalue weighted by Gasteiger charge is -2.72. The maximum atomic E-state index is 12.7. The fourth-order valence-electron chi connectivity index (χ4n) is 11.1. The van der Waals surface area contributed by atoms with Gasteiger partial charge in [-0.25, -0.2) is 0 Å². The quantitative estimate of drug-likeness (QED) is 0.332. The van der Waals surface area contributed by atoms with Crippen molar-refractivity contribution in [1.82, 2.24) is 0 Å². The molecule has 0 bridgehead atoms. The molecule has 0 aromatic heterocycles. The van der Waals surface area contributed by atoms with Crippen LogP contribution in [0.2, 0.25) is 0 Å². The standard InChI is InChI=1S/C32H50O3/c1-21(34)32(35)18-14-28(6)24(27(32,4)5)11-12-30(8)25(28)10-9-22-23-19-26(2,3)13-16-31(23,20-33)17-15-29(22,30)7/h9,20,23-25,35H,10-19H2,1-8H3/t23-,24-,25+,28-,29+,30+,31+,32+/m0/s1. The van der Waals surface area contributed by atoms with Crippen molar-refractivity contribution in [2.45, 2.75) is 125 Å². The van der Waals surface area contributed by atoms with Crippen LogP contribution in [0.4, 0.5) is 0 Å². The number of carbonyl (C=O) groups is 2. The van der Waals surface area contributed by atoms with Gasteiger partial charge in [0.2, 0.25) is 0 Å². The van der Waals surface area contributed by atoms with E-state index in [1.54, 1.807) is 12.5 Å². The smallest absolute Gasteiger partial charge is 0.161 e. The highest BCUT2D eigenvalue weighted by atomic mass is 16.3. The molecule has 0 unspecified atom stereocenters. The second-order valence-electron chi connectivity index (χ2n) is 15.7. The van der Waals surface area contributed by atoms with Crippen LogP contribution in [0.3, 0.4) is 0 Å². The van der Waals surface area contributed by atoms with Crippen LogP contribution >= 0.6 is 0 Å². The number of hydrogen-bond acceptors (Lipinski definition) is 3. The summed E-state index contributed by atoms with van der Waals surface area (Å²) in [6, 6.07) is 0. The van der Waals surface area contributed by atoms with Crippen LogP contribution < -0.4 is 0 Å². The van der Waals surface area contributed by atoms with Crippen LogP contribution in [0, 0.1) is 50.2 Å². The van der Waals surface area contributed by atoms with Crippen molar-refractivity contribution in [3.05, 3.63) is 11.6 Å². The molecule has 4 saturated carbocycles. The summed E-state index contributed by atoms with van der Waals surface area (Å²) in [7, 11) is 0. The molecule has 0 aromatic carbocycles. The van der Waals surface area contributed by atoms with Gasteiger partial charge in [-0.2, -0.15) is 0 Å². The van der Waals surface area contributed by atoms with Gasteiger partial charge in [0.15, 0.2) is 5.78 Å². The predicted octanol–water partition coefficient (Wildman–Crippen LogP) is 7.31. The summed E-state index contributed by atoms with van der Waals surface area (Å²) in [5.74, 6) is 1.20. The molecule has 0 aliphatic heterocycles. The van der Waals surface area contributed by atoms with Crippen molar-refractivity contribution >= 4 is 12.1 Å². The van der Waals surface area contributed by atoms with Gasteiger partial charge < -0.3 is 9.90 Å².